The van der Waals surface area contributed by atoms with Crippen LogP contribution < -0.4 is 0 Å². The van der Waals surface area contributed by atoms with E-state index in [-0.39, 0.29) is 0 Å². The molecule has 0 aliphatic rings. The van der Waals surface area contributed by atoms with Crippen molar-refractivity contribution in [2.24, 2.45) is 0 Å². The summed E-state index contributed by atoms with van der Waals surface area (Å²) in [5, 5.41) is 0. The van der Waals surface area contributed by atoms with Gasteiger partial charge in [0.1, 0.15) is 0 Å². The van der Waals surface area contributed by atoms with Crippen molar-refractivity contribution in [2.75, 3.05) is 0 Å². The van der Waals surface area contributed by atoms with E-state index in [2.05, 4.69) is 0 Å². The Balaban J connectivity index is 4.13. The molecule has 0 saturated heterocycles. The van der Waals surface area contributed by atoms with Crippen LogP contribution in [-0.2, 0) is 10.8 Å². The Morgan fingerprint density at radius 2 is 1.06 bits per heavy atom. The Bertz CT molecular complexity index is 247. The molecule has 0 spiro atoms. The highest BCUT2D eigenvalue weighted by atomic mass is 32.2. The Hall–Kier alpha value is -0.410. The van der Waals surface area contributed by atoms with Crippen molar-refractivity contribution >= 4 is 10.8 Å². The van der Waals surface area contributed by atoms with Crippen molar-refractivity contribution < 1.29 is 39.3 Å². The van der Waals surface area contributed by atoms with Crippen LogP contribution in [0, 0.1) is 0 Å². The summed E-state index contributed by atoms with van der Waals surface area (Å²) >= 11 is 0. The van der Waals surface area contributed by atoms with E-state index in [0.29, 0.717) is 0 Å². The SMILES string of the molecule is O=S(C(F)CCC(F)(F)F)C(F)CCC(F)(F)F. The first kappa shape index (κ1) is 17.6. The molecule has 0 aliphatic carbocycles. The summed E-state index contributed by atoms with van der Waals surface area (Å²) < 4.78 is 107. The lowest BCUT2D eigenvalue weighted by atomic mass is 10.3. The normalized spacial score (nSPS) is 18.4. The molecule has 0 bridgehead atoms. The average molecular weight is 306 g/mol. The zero-order valence-electron chi connectivity index (χ0n) is 8.82. The predicted octanol–water partition coefficient (Wildman–Crippen LogP) is 4.01. The van der Waals surface area contributed by atoms with Gasteiger partial charge in [-0.05, 0) is 12.8 Å². The summed E-state index contributed by atoms with van der Waals surface area (Å²) in [5.74, 6) is 0. The van der Waals surface area contributed by atoms with Crippen molar-refractivity contribution in [2.45, 2.75) is 49.0 Å². The molecule has 0 amide bonds. The van der Waals surface area contributed by atoms with Gasteiger partial charge in [0.2, 0.25) is 0 Å². The smallest absolute Gasteiger partial charge is 0.254 e. The second kappa shape index (κ2) is 6.67. The van der Waals surface area contributed by atoms with E-state index in [1.165, 1.54) is 0 Å². The standard InChI is InChI=1S/C8H10F8OS/c9-5(1-3-7(11,12)13)18(17)6(10)2-4-8(14,15)16/h5-6H,1-4H2. The molecule has 2 unspecified atom stereocenters. The molecule has 0 rings (SSSR count). The zero-order chi connectivity index (χ0) is 14.6. The molecule has 0 fully saturated rings. The summed E-state index contributed by atoms with van der Waals surface area (Å²) in [5.41, 5.74) is -5.26. The average Bonchev–Trinajstić information content (AvgIpc) is 2.19. The zero-order valence-corrected chi connectivity index (χ0v) is 9.64. The van der Waals surface area contributed by atoms with Crippen LogP contribution in [0.1, 0.15) is 25.7 Å². The number of alkyl halides is 8. The number of hydrogen-bond acceptors (Lipinski definition) is 1. The Morgan fingerprint density at radius 1 is 0.778 bits per heavy atom. The van der Waals surface area contributed by atoms with E-state index < -0.39 is 59.8 Å². The van der Waals surface area contributed by atoms with Gasteiger partial charge in [0.15, 0.2) is 11.0 Å². The van der Waals surface area contributed by atoms with Gasteiger partial charge in [-0.2, -0.15) is 26.3 Å². The molecule has 0 aliphatic heterocycles. The quantitative estimate of drug-likeness (QED) is 0.678. The summed E-state index contributed by atoms with van der Waals surface area (Å²) in [4.78, 5) is 0. The summed E-state index contributed by atoms with van der Waals surface area (Å²) in [6, 6.07) is 0. The highest BCUT2D eigenvalue weighted by Crippen LogP contribution is 2.28. The fourth-order valence-corrected chi connectivity index (χ4v) is 1.97. The molecule has 18 heavy (non-hydrogen) atoms. The van der Waals surface area contributed by atoms with Gasteiger partial charge in [-0.1, -0.05) is 0 Å². The van der Waals surface area contributed by atoms with Crippen molar-refractivity contribution in [1.82, 2.24) is 0 Å². The maximum atomic E-state index is 12.9. The monoisotopic (exact) mass is 306 g/mol. The largest absolute Gasteiger partial charge is 0.389 e. The Kier molecular flexibility index (Phi) is 6.52. The van der Waals surface area contributed by atoms with Crippen molar-refractivity contribution in [3.8, 4) is 0 Å². The molecular weight excluding hydrogens is 296 g/mol. The van der Waals surface area contributed by atoms with Crippen molar-refractivity contribution in [3.05, 3.63) is 0 Å². The second-order valence-electron chi connectivity index (χ2n) is 3.46. The minimum Gasteiger partial charge on any atom is -0.254 e. The van der Waals surface area contributed by atoms with E-state index in [0.717, 1.165) is 0 Å². The molecule has 0 saturated carbocycles. The lowest BCUT2D eigenvalue weighted by Gasteiger charge is -2.14. The minimum absolute atomic E-state index is 1.23. The predicted molar refractivity (Wildman–Crippen MR) is 48.5 cm³/mol. The molecule has 0 N–H and O–H groups in total. The molecule has 1 nitrogen and oxygen atoms in total. The van der Waals surface area contributed by atoms with E-state index in [9.17, 15) is 39.3 Å². The summed E-state index contributed by atoms with van der Waals surface area (Å²) in [6.45, 7) is 0. The third-order valence-electron chi connectivity index (χ3n) is 1.81. The van der Waals surface area contributed by atoms with E-state index in [1.807, 2.05) is 0 Å². The van der Waals surface area contributed by atoms with Gasteiger partial charge in [0.25, 0.3) is 0 Å². The van der Waals surface area contributed by atoms with E-state index in [4.69, 9.17) is 0 Å². The molecule has 0 heterocycles. The second-order valence-corrected chi connectivity index (χ2v) is 5.14. The highest BCUT2D eigenvalue weighted by molar-refractivity contribution is 7.85. The lowest BCUT2D eigenvalue weighted by Crippen LogP contribution is -2.23. The maximum Gasteiger partial charge on any atom is 0.389 e. The Labute approximate surface area is 100.0 Å². The number of rotatable bonds is 6. The summed E-state index contributed by atoms with van der Waals surface area (Å²) in [6.07, 6.45) is -15.1. The molecule has 110 valence electrons. The van der Waals surface area contributed by atoms with Gasteiger partial charge < -0.3 is 0 Å². The van der Waals surface area contributed by atoms with Crippen LogP contribution >= 0.6 is 0 Å². The van der Waals surface area contributed by atoms with Crippen molar-refractivity contribution in [3.63, 3.8) is 0 Å². The molecule has 10 heteroatoms. The number of hydrogen-bond donors (Lipinski definition) is 0. The third kappa shape index (κ3) is 8.65. The van der Waals surface area contributed by atoms with Crippen LogP contribution in [0.4, 0.5) is 35.1 Å². The molecule has 0 radical (unpaired) electrons. The molecular formula is C8H10F8OS. The van der Waals surface area contributed by atoms with Crippen LogP contribution in [0.25, 0.3) is 0 Å². The van der Waals surface area contributed by atoms with Gasteiger partial charge in [0, 0.05) is 12.8 Å². The van der Waals surface area contributed by atoms with Crippen LogP contribution in [0.2, 0.25) is 0 Å². The van der Waals surface area contributed by atoms with Crippen LogP contribution in [0.15, 0.2) is 0 Å². The highest BCUT2D eigenvalue weighted by Gasteiger charge is 2.34. The molecule has 0 aromatic carbocycles. The van der Waals surface area contributed by atoms with Crippen LogP contribution in [-0.4, -0.2) is 27.6 Å². The molecule has 0 aromatic rings. The molecule has 0 aromatic heterocycles. The lowest BCUT2D eigenvalue weighted by molar-refractivity contribution is -0.136. The van der Waals surface area contributed by atoms with Gasteiger partial charge in [0.05, 0.1) is 10.8 Å². The minimum atomic E-state index is -4.69. The van der Waals surface area contributed by atoms with Crippen LogP contribution in [0.5, 0.6) is 0 Å². The first-order chi connectivity index (χ1) is 7.92. The fourth-order valence-electron chi connectivity index (χ4n) is 0.947. The first-order valence-electron chi connectivity index (χ1n) is 4.73. The topological polar surface area (TPSA) is 17.1 Å². The first-order valence-corrected chi connectivity index (χ1v) is 6.01. The van der Waals surface area contributed by atoms with Gasteiger partial charge in [-0.3, -0.25) is 4.21 Å². The van der Waals surface area contributed by atoms with E-state index in [1.54, 1.807) is 0 Å². The van der Waals surface area contributed by atoms with Gasteiger partial charge in [-0.25, -0.2) is 8.78 Å². The third-order valence-corrected chi connectivity index (χ3v) is 3.29. The van der Waals surface area contributed by atoms with Crippen molar-refractivity contribution in [1.29, 1.82) is 0 Å². The molecule has 2 atom stereocenters. The Morgan fingerprint density at radius 3 is 1.28 bits per heavy atom. The fraction of sp³-hybridized carbons (Fsp3) is 1.00. The van der Waals surface area contributed by atoms with Gasteiger partial charge >= 0.3 is 12.4 Å². The number of halogens is 8. The van der Waals surface area contributed by atoms with Gasteiger partial charge in [-0.15, -0.1) is 0 Å². The van der Waals surface area contributed by atoms with E-state index >= 15 is 0 Å². The summed E-state index contributed by atoms with van der Waals surface area (Å²) in [7, 11) is -3.01. The van der Waals surface area contributed by atoms with Crippen LogP contribution in [0.3, 0.4) is 0 Å². The maximum absolute atomic E-state index is 12.9.